The maximum absolute atomic E-state index is 12.0. The maximum Gasteiger partial charge on any atom is 0.246 e. The Morgan fingerprint density at radius 3 is 3.14 bits per heavy atom. The van der Waals surface area contributed by atoms with Crippen molar-refractivity contribution in [3.63, 3.8) is 0 Å². The molecule has 1 aromatic carbocycles. The molecule has 1 atom stereocenters. The summed E-state index contributed by atoms with van der Waals surface area (Å²) >= 11 is 2.00. The summed E-state index contributed by atoms with van der Waals surface area (Å²) in [6, 6.07) is 10.4. The van der Waals surface area contributed by atoms with Crippen molar-refractivity contribution >= 4 is 23.4 Å². The van der Waals surface area contributed by atoms with Crippen molar-refractivity contribution in [1.82, 2.24) is 15.1 Å². The molecule has 2 heterocycles. The molecule has 0 aliphatic carbocycles. The standard InChI is InChI=1S/C16H20N4OS/c21-16(11-20-7-2-6-18-20)19-14-4-1-3-13(9-14)10-17-15-5-8-22-12-15/h1-4,6-7,9,15,17H,5,8,10-12H2,(H,19,21)/t15-/m1/s1. The normalized spacial score (nSPS) is 17.5. The highest BCUT2D eigenvalue weighted by Gasteiger charge is 2.14. The fraction of sp³-hybridized carbons (Fsp3) is 0.375. The van der Waals surface area contributed by atoms with Crippen molar-refractivity contribution in [2.75, 3.05) is 16.8 Å². The number of rotatable bonds is 6. The molecule has 1 amide bonds. The maximum atomic E-state index is 12.0. The largest absolute Gasteiger partial charge is 0.324 e. The molecular formula is C16H20N4OS. The van der Waals surface area contributed by atoms with E-state index in [4.69, 9.17) is 0 Å². The number of aromatic nitrogens is 2. The summed E-state index contributed by atoms with van der Waals surface area (Å²) in [4.78, 5) is 12.0. The number of hydrogen-bond donors (Lipinski definition) is 2. The summed E-state index contributed by atoms with van der Waals surface area (Å²) < 4.78 is 1.61. The van der Waals surface area contributed by atoms with Gasteiger partial charge < -0.3 is 10.6 Å². The Morgan fingerprint density at radius 1 is 1.41 bits per heavy atom. The molecule has 1 aliphatic rings. The predicted octanol–water partition coefficient (Wildman–Crippen LogP) is 2.12. The van der Waals surface area contributed by atoms with Crippen molar-refractivity contribution in [1.29, 1.82) is 0 Å². The van der Waals surface area contributed by atoms with Crippen LogP contribution in [0.2, 0.25) is 0 Å². The number of thioether (sulfide) groups is 1. The Bertz CT molecular complexity index is 608. The second-order valence-corrected chi connectivity index (χ2v) is 6.54. The van der Waals surface area contributed by atoms with Gasteiger partial charge in [-0.25, -0.2) is 0 Å². The summed E-state index contributed by atoms with van der Waals surface area (Å²) in [6.45, 7) is 1.07. The van der Waals surface area contributed by atoms with Gasteiger partial charge in [-0.15, -0.1) is 0 Å². The molecule has 0 unspecified atom stereocenters. The first-order valence-corrected chi connectivity index (χ1v) is 8.62. The molecule has 0 bridgehead atoms. The molecule has 6 heteroatoms. The zero-order valence-electron chi connectivity index (χ0n) is 12.4. The van der Waals surface area contributed by atoms with Gasteiger partial charge in [-0.3, -0.25) is 9.48 Å². The van der Waals surface area contributed by atoms with E-state index in [9.17, 15) is 4.79 Å². The number of nitrogens with one attached hydrogen (secondary N) is 2. The van der Waals surface area contributed by atoms with Crippen molar-refractivity contribution in [2.24, 2.45) is 0 Å². The van der Waals surface area contributed by atoms with Gasteiger partial charge in [-0.1, -0.05) is 12.1 Å². The van der Waals surface area contributed by atoms with E-state index in [1.807, 2.05) is 30.0 Å². The van der Waals surface area contributed by atoms with Gasteiger partial charge in [0.05, 0.1) is 0 Å². The number of carbonyl (C=O) groups excluding carboxylic acids is 1. The first-order chi connectivity index (χ1) is 10.8. The number of hydrogen-bond acceptors (Lipinski definition) is 4. The minimum Gasteiger partial charge on any atom is -0.324 e. The summed E-state index contributed by atoms with van der Waals surface area (Å²) in [5.41, 5.74) is 2.02. The van der Waals surface area contributed by atoms with E-state index in [-0.39, 0.29) is 12.5 Å². The van der Waals surface area contributed by atoms with Crippen molar-refractivity contribution in [2.45, 2.75) is 25.6 Å². The minimum absolute atomic E-state index is 0.0685. The lowest BCUT2D eigenvalue weighted by Crippen LogP contribution is -2.28. The van der Waals surface area contributed by atoms with Gasteiger partial charge in [0, 0.05) is 36.4 Å². The van der Waals surface area contributed by atoms with Crippen LogP contribution in [0.25, 0.3) is 0 Å². The van der Waals surface area contributed by atoms with E-state index in [2.05, 4.69) is 21.8 Å². The second-order valence-electron chi connectivity index (χ2n) is 5.39. The van der Waals surface area contributed by atoms with Crippen molar-refractivity contribution in [3.05, 3.63) is 48.3 Å². The van der Waals surface area contributed by atoms with Crippen LogP contribution in [-0.4, -0.2) is 33.2 Å². The topological polar surface area (TPSA) is 59.0 Å². The van der Waals surface area contributed by atoms with E-state index in [1.165, 1.54) is 23.5 Å². The summed E-state index contributed by atoms with van der Waals surface area (Å²) in [6.07, 6.45) is 4.69. The van der Waals surface area contributed by atoms with Crippen molar-refractivity contribution < 1.29 is 4.79 Å². The van der Waals surface area contributed by atoms with E-state index in [0.29, 0.717) is 6.04 Å². The Balaban J connectivity index is 1.52. The van der Waals surface area contributed by atoms with Crippen LogP contribution in [0.5, 0.6) is 0 Å². The summed E-state index contributed by atoms with van der Waals surface area (Å²) in [5, 5.41) is 10.5. The average Bonchev–Trinajstić information content (AvgIpc) is 3.18. The van der Waals surface area contributed by atoms with E-state index < -0.39 is 0 Å². The Kier molecular flexibility index (Phi) is 5.13. The molecule has 3 rings (SSSR count). The number of anilines is 1. The lowest BCUT2D eigenvalue weighted by atomic mass is 10.1. The fourth-order valence-electron chi connectivity index (χ4n) is 2.46. The van der Waals surface area contributed by atoms with Crippen LogP contribution in [0.4, 0.5) is 5.69 Å². The third-order valence-electron chi connectivity index (χ3n) is 3.60. The molecule has 0 saturated carbocycles. The second kappa shape index (κ2) is 7.47. The highest BCUT2D eigenvalue weighted by molar-refractivity contribution is 7.99. The van der Waals surface area contributed by atoms with Crippen LogP contribution in [0.3, 0.4) is 0 Å². The van der Waals surface area contributed by atoms with E-state index in [0.717, 1.165) is 12.2 Å². The molecule has 2 aromatic rings. The summed E-state index contributed by atoms with van der Waals surface area (Å²) in [7, 11) is 0. The van der Waals surface area contributed by atoms with E-state index in [1.54, 1.807) is 23.1 Å². The first kappa shape index (κ1) is 15.1. The highest BCUT2D eigenvalue weighted by atomic mass is 32.2. The number of amides is 1. The zero-order chi connectivity index (χ0) is 15.2. The predicted molar refractivity (Wildman–Crippen MR) is 89.9 cm³/mol. The van der Waals surface area contributed by atoms with Crippen LogP contribution in [0, 0.1) is 0 Å². The third kappa shape index (κ3) is 4.35. The Labute approximate surface area is 134 Å². The molecule has 0 radical (unpaired) electrons. The van der Waals surface area contributed by atoms with E-state index >= 15 is 0 Å². The molecule has 1 aliphatic heterocycles. The molecule has 0 spiro atoms. The van der Waals surface area contributed by atoms with Crippen LogP contribution in [0.15, 0.2) is 42.7 Å². The van der Waals surface area contributed by atoms with Crippen LogP contribution in [-0.2, 0) is 17.9 Å². The smallest absolute Gasteiger partial charge is 0.246 e. The highest BCUT2D eigenvalue weighted by Crippen LogP contribution is 2.18. The lowest BCUT2D eigenvalue weighted by Gasteiger charge is -2.12. The van der Waals surface area contributed by atoms with Crippen LogP contribution >= 0.6 is 11.8 Å². The number of nitrogens with zero attached hydrogens (tertiary/aromatic N) is 2. The molecule has 2 N–H and O–H groups in total. The first-order valence-electron chi connectivity index (χ1n) is 7.47. The quantitative estimate of drug-likeness (QED) is 0.857. The molecule has 116 valence electrons. The molecular weight excluding hydrogens is 296 g/mol. The molecule has 5 nitrogen and oxygen atoms in total. The fourth-order valence-corrected chi connectivity index (χ4v) is 3.65. The molecule has 1 aromatic heterocycles. The van der Waals surface area contributed by atoms with Gasteiger partial charge in [0.15, 0.2) is 0 Å². The van der Waals surface area contributed by atoms with Gasteiger partial charge in [0.1, 0.15) is 6.54 Å². The number of benzene rings is 1. The Morgan fingerprint density at radius 2 is 2.36 bits per heavy atom. The molecule has 1 saturated heterocycles. The van der Waals surface area contributed by atoms with Gasteiger partial charge in [0.2, 0.25) is 5.91 Å². The van der Waals surface area contributed by atoms with Gasteiger partial charge in [-0.05, 0) is 35.9 Å². The number of carbonyl (C=O) groups is 1. The SMILES string of the molecule is O=C(Cn1cccn1)Nc1cccc(CN[C@@H]2CCSC2)c1. The minimum atomic E-state index is -0.0685. The van der Waals surface area contributed by atoms with Crippen molar-refractivity contribution in [3.8, 4) is 0 Å². The molecule has 1 fully saturated rings. The lowest BCUT2D eigenvalue weighted by molar-refractivity contribution is -0.116. The van der Waals surface area contributed by atoms with Gasteiger partial charge in [-0.2, -0.15) is 16.9 Å². The van der Waals surface area contributed by atoms with Crippen LogP contribution in [0.1, 0.15) is 12.0 Å². The van der Waals surface area contributed by atoms with Gasteiger partial charge in [0.25, 0.3) is 0 Å². The Hall–Kier alpha value is -1.79. The van der Waals surface area contributed by atoms with Crippen LogP contribution < -0.4 is 10.6 Å². The summed E-state index contributed by atoms with van der Waals surface area (Å²) in [5.74, 6) is 2.38. The van der Waals surface area contributed by atoms with Gasteiger partial charge >= 0.3 is 0 Å². The monoisotopic (exact) mass is 316 g/mol. The molecule has 22 heavy (non-hydrogen) atoms. The third-order valence-corrected chi connectivity index (χ3v) is 4.76. The zero-order valence-corrected chi connectivity index (χ0v) is 13.2. The average molecular weight is 316 g/mol.